The fourth-order valence-corrected chi connectivity index (χ4v) is 2.17. The summed E-state index contributed by atoms with van der Waals surface area (Å²) in [4.78, 5) is 13.7. The largest absolute Gasteiger partial charge is 0.293 e. The lowest BCUT2D eigenvalue weighted by molar-refractivity contribution is -0.122. The topological polar surface area (TPSA) is 20.3 Å². The molecule has 0 unspecified atom stereocenters. The van der Waals surface area contributed by atoms with E-state index in [2.05, 4.69) is 0 Å². The highest BCUT2D eigenvalue weighted by Gasteiger charge is 2.29. The zero-order chi connectivity index (χ0) is 10.4. The van der Waals surface area contributed by atoms with Crippen molar-refractivity contribution in [1.82, 2.24) is 4.90 Å². The van der Waals surface area contributed by atoms with Crippen molar-refractivity contribution >= 4 is 34.2 Å². The minimum absolute atomic E-state index is 0.0463. The Hall–Kier alpha value is -0.350. The summed E-state index contributed by atoms with van der Waals surface area (Å²) in [6, 6.07) is 0. The van der Waals surface area contributed by atoms with Crippen molar-refractivity contribution in [2.45, 2.75) is 27.7 Å². The maximum absolute atomic E-state index is 11.3. The van der Waals surface area contributed by atoms with E-state index in [0.717, 1.165) is 4.91 Å². The summed E-state index contributed by atoms with van der Waals surface area (Å²) in [5, 5.41) is 0. The zero-order valence-electron chi connectivity index (χ0n) is 8.46. The molecule has 0 bridgehead atoms. The van der Waals surface area contributed by atoms with Crippen LogP contribution in [0.25, 0.3) is 0 Å². The summed E-state index contributed by atoms with van der Waals surface area (Å²) < 4.78 is 0.672. The Morgan fingerprint density at radius 3 is 2.31 bits per heavy atom. The minimum atomic E-state index is 0.0463. The molecule has 13 heavy (non-hydrogen) atoms. The molecule has 0 aromatic carbocycles. The molecule has 1 amide bonds. The number of rotatable bonds is 1. The van der Waals surface area contributed by atoms with Gasteiger partial charge in [-0.05, 0) is 13.8 Å². The Labute approximate surface area is 89.4 Å². The smallest absolute Gasteiger partial charge is 0.265 e. The summed E-state index contributed by atoms with van der Waals surface area (Å²) in [5.74, 6) is 0.0463. The van der Waals surface area contributed by atoms with Gasteiger partial charge in [0.05, 0.1) is 4.91 Å². The number of likely N-dealkylation sites (N-methyl/N-ethyl adjacent to an activating group) is 1. The first-order valence-corrected chi connectivity index (χ1v) is 5.63. The van der Waals surface area contributed by atoms with Gasteiger partial charge in [-0.15, -0.1) is 0 Å². The van der Waals surface area contributed by atoms with Gasteiger partial charge in [0, 0.05) is 6.54 Å². The van der Waals surface area contributed by atoms with Crippen LogP contribution in [0.3, 0.4) is 0 Å². The summed E-state index contributed by atoms with van der Waals surface area (Å²) in [6.07, 6.45) is 1.80. The van der Waals surface area contributed by atoms with Crippen molar-refractivity contribution in [3.8, 4) is 0 Å². The predicted molar refractivity (Wildman–Crippen MR) is 62.7 cm³/mol. The number of carbonyl (C=O) groups is 1. The van der Waals surface area contributed by atoms with Crippen LogP contribution in [0.1, 0.15) is 27.7 Å². The number of hydrogen-bond acceptors (Lipinski definition) is 3. The van der Waals surface area contributed by atoms with Crippen LogP contribution in [0.2, 0.25) is 0 Å². The van der Waals surface area contributed by atoms with E-state index in [1.54, 1.807) is 11.0 Å². The first kappa shape index (κ1) is 12.7. The summed E-state index contributed by atoms with van der Waals surface area (Å²) >= 11 is 6.36. The van der Waals surface area contributed by atoms with Gasteiger partial charge in [-0.2, -0.15) is 0 Å². The predicted octanol–water partition coefficient (Wildman–Crippen LogP) is 2.80. The van der Waals surface area contributed by atoms with Gasteiger partial charge >= 0.3 is 0 Å². The second-order valence-electron chi connectivity index (χ2n) is 2.07. The molecule has 4 heteroatoms. The molecule has 0 aromatic heterocycles. The van der Waals surface area contributed by atoms with Crippen LogP contribution >= 0.6 is 24.0 Å². The lowest BCUT2D eigenvalue weighted by atomic mass is 10.4. The van der Waals surface area contributed by atoms with Crippen LogP contribution in [0.15, 0.2) is 11.0 Å². The number of amides is 1. The SMILES string of the molecule is C/C=C1/SC(=S)N(CC)C1=O.CC. The fraction of sp³-hybridized carbons (Fsp3) is 0.556. The van der Waals surface area contributed by atoms with E-state index in [1.165, 1.54) is 11.8 Å². The van der Waals surface area contributed by atoms with Crippen LogP contribution in [-0.4, -0.2) is 21.7 Å². The molecule has 0 spiro atoms. The molecule has 0 N–H and O–H groups in total. The van der Waals surface area contributed by atoms with Gasteiger partial charge in [0.2, 0.25) is 0 Å². The van der Waals surface area contributed by atoms with E-state index in [0.29, 0.717) is 10.9 Å². The van der Waals surface area contributed by atoms with Crippen molar-refractivity contribution in [2.24, 2.45) is 0 Å². The number of allylic oxidation sites excluding steroid dienone is 1. The number of thiocarbonyl (C=S) groups is 1. The Balaban J connectivity index is 0.000000671. The lowest BCUT2D eigenvalue weighted by Crippen LogP contribution is -2.27. The summed E-state index contributed by atoms with van der Waals surface area (Å²) in [5.41, 5.74) is 0. The summed E-state index contributed by atoms with van der Waals surface area (Å²) in [6.45, 7) is 8.44. The van der Waals surface area contributed by atoms with Crippen LogP contribution < -0.4 is 0 Å². The molecule has 0 saturated carbocycles. The Morgan fingerprint density at radius 2 is 2.08 bits per heavy atom. The standard InChI is InChI=1S/C7H9NOS2.C2H6/c1-3-5-6(9)8(4-2)7(10)11-5;1-2/h3H,4H2,1-2H3;1-2H3/b5-3+;. The molecule has 0 atom stereocenters. The van der Waals surface area contributed by atoms with Gasteiger partial charge in [-0.25, -0.2) is 0 Å². The molecule has 2 nitrogen and oxygen atoms in total. The van der Waals surface area contributed by atoms with Crippen molar-refractivity contribution in [2.75, 3.05) is 6.54 Å². The highest BCUT2D eigenvalue weighted by atomic mass is 32.2. The van der Waals surface area contributed by atoms with Crippen LogP contribution in [0.4, 0.5) is 0 Å². The maximum atomic E-state index is 11.3. The van der Waals surface area contributed by atoms with Crippen LogP contribution in [0, 0.1) is 0 Å². The van der Waals surface area contributed by atoms with Crippen molar-refractivity contribution < 1.29 is 4.79 Å². The molecule has 1 heterocycles. The van der Waals surface area contributed by atoms with E-state index < -0.39 is 0 Å². The molecule has 1 aliphatic heterocycles. The van der Waals surface area contributed by atoms with E-state index >= 15 is 0 Å². The average molecular weight is 217 g/mol. The first-order valence-electron chi connectivity index (χ1n) is 4.40. The highest BCUT2D eigenvalue weighted by Crippen LogP contribution is 2.29. The molecule has 1 saturated heterocycles. The van der Waals surface area contributed by atoms with E-state index in [-0.39, 0.29) is 5.91 Å². The zero-order valence-corrected chi connectivity index (χ0v) is 10.1. The Bertz CT molecular complexity index is 236. The third kappa shape index (κ3) is 2.81. The quantitative estimate of drug-likeness (QED) is 0.497. The van der Waals surface area contributed by atoms with Crippen LogP contribution in [-0.2, 0) is 4.79 Å². The van der Waals surface area contributed by atoms with E-state index in [9.17, 15) is 4.79 Å². The molecule has 0 aromatic rings. The van der Waals surface area contributed by atoms with E-state index in [1.807, 2.05) is 27.7 Å². The van der Waals surface area contributed by atoms with Gasteiger partial charge < -0.3 is 0 Å². The van der Waals surface area contributed by atoms with Gasteiger partial charge in [0.1, 0.15) is 4.32 Å². The molecule has 0 aliphatic carbocycles. The Morgan fingerprint density at radius 1 is 1.54 bits per heavy atom. The van der Waals surface area contributed by atoms with Crippen LogP contribution in [0.5, 0.6) is 0 Å². The molecule has 0 radical (unpaired) electrons. The number of thioether (sulfide) groups is 1. The fourth-order valence-electron chi connectivity index (χ4n) is 0.864. The number of carbonyl (C=O) groups excluding carboxylic acids is 1. The Kier molecular flexibility index (Phi) is 5.99. The van der Waals surface area contributed by atoms with Gasteiger partial charge in [0.25, 0.3) is 5.91 Å². The summed E-state index contributed by atoms with van der Waals surface area (Å²) in [7, 11) is 0. The molecule has 74 valence electrons. The van der Waals surface area contributed by atoms with Crippen molar-refractivity contribution in [1.29, 1.82) is 0 Å². The monoisotopic (exact) mass is 217 g/mol. The highest BCUT2D eigenvalue weighted by molar-refractivity contribution is 8.26. The lowest BCUT2D eigenvalue weighted by Gasteiger charge is -2.09. The molecule has 1 rings (SSSR count). The second kappa shape index (κ2) is 6.16. The van der Waals surface area contributed by atoms with E-state index in [4.69, 9.17) is 12.2 Å². The molecule has 1 aliphatic rings. The van der Waals surface area contributed by atoms with Crippen molar-refractivity contribution in [3.05, 3.63) is 11.0 Å². The minimum Gasteiger partial charge on any atom is -0.293 e. The number of nitrogens with zero attached hydrogens (tertiary/aromatic N) is 1. The van der Waals surface area contributed by atoms with Gasteiger partial charge in [-0.3, -0.25) is 9.69 Å². The second-order valence-corrected chi connectivity index (χ2v) is 3.75. The van der Waals surface area contributed by atoms with Crippen molar-refractivity contribution in [3.63, 3.8) is 0 Å². The third-order valence-corrected chi connectivity index (χ3v) is 2.95. The normalized spacial score (nSPS) is 19.1. The first-order chi connectivity index (χ1) is 6.20. The average Bonchev–Trinajstić information content (AvgIpc) is 2.44. The molecular weight excluding hydrogens is 202 g/mol. The number of hydrogen-bond donors (Lipinski definition) is 0. The molecular formula is C9H15NOS2. The van der Waals surface area contributed by atoms with Gasteiger partial charge in [-0.1, -0.05) is 43.9 Å². The third-order valence-electron chi connectivity index (χ3n) is 1.45. The maximum Gasteiger partial charge on any atom is 0.265 e. The molecule has 1 fully saturated rings. The van der Waals surface area contributed by atoms with Gasteiger partial charge in [0.15, 0.2) is 0 Å².